The molecule has 0 bridgehead atoms. The first-order valence-corrected chi connectivity index (χ1v) is 6.52. The van der Waals surface area contributed by atoms with Crippen LogP contribution in [0, 0.1) is 13.8 Å². The lowest BCUT2D eigenvalue weighted by Crippen LogP contribution is -2.08. The number of hydrogen-bond acceptors (Lipinski definition) is 3. The van der Waals surface area contributed by atoms with E-state index >= 15 is 0 Å². The lowest BCUT2D eigenvalue weighted by Gasteiger charge is -2.15. The average Bonchev–Trinajstić information content (AvgIpc) is 2.34. The Morgan fingerprint density at radius 2 is 1.89 bits per heavy atom. The quantitative estimate of drug-likeness (QED) is 0.915. The molecule has 1 aromatic heterocycles. The highest BCUT2D eigenvalue weighted by atomic mass is 35.5. The fourth-order valence-electron chi connectivity index (χ4n) is 1.99. The molecule has 19 heavy (non-hydrogen) atoms. The predicted octanol–water partition coefficient (Wildman–Crippen LogP) is 4.16. The molecule has 1 atom stereocenters. The first-order valence-electron chi connectivity index (χ1n) is 6.14. The van der Waals surface area contributed by atoms with Gasteiger partial charge in [0.1, 0.15) is 5.75 Å². The minimum Gasteiger partial charge on any atom is -0.438 e. The zero-order valence-electron chi connectivity index (χ0n) is 11.3. The Bertz CT molecular complexity index is 573. The maximum atomic E-state index is 6.02. The molecule has 0 aliphatic carbocycles. The van der Waals surface area contributed by atoms with Crippen molar-refractivity contribution in [2.24, 2.45) is 5.73 Å². The molecule has 0 aliphatic heterocycles. The number of aryl methyl sites for hydroxylation is 2. The van der Waals surface area contributed by atoms with Crippen LogP contribution in [0.15, 0.2) is 30.5 Å². The van der Waals surface area contributed by atoms with Crippen LogP contribution >= 0.6 is 11.6 Å². The van der Waals surface area contributed by atoms with Gasteiger partial charge in [-0.15, -0.1) is 0 Å². The molecule has 2 N–H and O–H groups in total. The summed E-state index contributed by atoms with van der Waals surface area (Å²) in [6.07, 6.45) is 1.70. The van der Waals surface area contributed by atoms with E-state index in [1.54, 1.807) is 6.20 Å². The second-order valence-corrected chi connectivity index (χ2v) is 5.09. The lowest BCUT2D eigenvalue weighted by atomic mass is 10.1. The third kappa shape index (κ3) is 3.06. The number of nitrogens with zero attached hydrogens (tertiary/aromatic N) is 1. The van der Waals surface area contributed by atoms with Crippen LogP contribution < -0.4 is 10.5 Å². The van der Waals surface area contributed by atoms with E-state index < -0.39 is 0 Å². The Morgan fingerprint density at radius 3 is 2.47 bits per heavy atom. The standard InChI is InChI=1S/C15H17ClN2O/c1-9-7-12(16)8-10(2)14(9)19-15-13(11(3)17)5-4-6-18-15/h4-8,11H,17H2,1-3H3/t11-/m1/s1. The van der Waals surface area contributed by atoms with Gasteiger partial charge in [0.05, 0.1) is 0 Å². The smallest absolute Gasteiger partial charge is 0.223 e. The molecule has 2 aromatic rings. The Kier molecular flexibility index (Phi) is 4.08. The largest absolute Gasteiger partial charge is 0.438 e. The lowest BCUT2D eigenvalue weighted by molar-refractivity contribution is 0.445. The normalized spacial score (nSPS) is 12.3. The molecule has 1 heterocycles. The first kappa shape index (κ1) is 13.8. The molecule has 0 amide bonds. The summed E-state index contributed by atoms with van der Waals surface area (Å²) < 4.78 is 5.94. The number of halogens is 1. The fourth-order valence-corrected chi connectivity index (χ4v) is 2.32. The summed E-state index contributed by atoms with van der Waals surface area (Å²) in [7, 11) is 0. The van der Waals surface area contributed by atoms with E-state index in [4.69, 9.17) is 22.1 Å². The van der Waals surface area contributed by atoms with Crippen molar-refractivity contribution in [3.63, 3.8) is 0 Å². The minimum atomic E-state index is -0.128. The molecule has 0 radical (unpaired) electrons. The van der Waals surface area contributed by atoms with Crippen LogP contribution in [-0.4, -0.2) is 4.98 Å². The monoisotopic (exact) mass is 276 g/mol. The number of nitrogens with two attached hydrogens (primary N) is 1. The maximum Gasteiger partial charge on any atom is 0.223 e. The summed E-state index contributed by atoms with van der Waals surface area (Å²) in [6, 6.07) is 7.40. The Labute approximate surface area is 118 Å². The van der Waals surface area contributed by atoms with Crippen LogP contribution in [0.3, 0.4) is 0 Å². The van der Waals surface area contributed by atoms with Gasteiger partial charge in [-0.2, -0.15) is 0 Å². The van der Waals surface area contributed by atoms with Gasteiger partial charge in [0.25, 0.3) is 0 Å². The summed E-state index contributed by atoms with van der Waals surface area (Å²) in [4.78, 5) is 4.26. The molecule has 100 valence electrons. The molecule has 1 aromatic carbocycles. The van der Waals surface area contributed by atoms with E-state index in [2.05, 4.69) is 4.98 Å². The van der Waals surface area contributed by atoms with Gasteiger partial charge in [0, 0.05) is 22.8 Å². The maximum absolute atomic E-state index is 6.02. The summed E-state index contributed by atoms with van der Waals surface area (Å²) in [5.74, 6) is 1.33. The third-order valence-electron chi connectivity index (χ3n) is 2.91. The second-order valence-electron chi connectivity index (χ2n) is 4.66. The van der Waals surface area contributed by atoms with E-state index in [0.29, 0.717) is 10.9 Å². The highest BCUT2D eigenvalue weighted by molar-refractivity contribution is 6.30. The van der Waals surface area contributed by atoms with E-state index in [-0.39, 0.29) is 6.04 Å². The fraction of sp³-hybridized carbons (Fsp3) is 0.267. The molecule has 0 spiro atoms. The van der Waals surface area contributed by atoms with Crippen LogP contribution in [0.2, 0.25) is 5.02 Å². The summed E-state index contributed by atoms with van der Waals surface area (Å²) >= 11 is 6.02. The number of ether oxygens (including phenoxy) is 1. The van der Waals surface area contributed by atoms with Crippen LogP contribution in [-0.2, 0) is 0 Å². The molecule has 2 rings (SSSR count). The minimum absolute atomic E-state index is 0.128. The highest BCUT2D eigenvalue weighted by Crippen LogP contribution is 2.32. The van der Waals surface area contributed by atoms with Gasteiger partial charge in [-0.1, -0.05) is 17.7 Å². The van der Waals surface area contributed by atoms with Crippen molar-refractivity contribution in [3.05, 3.63) is 52.2 Å². The van der Waals surface area contributed by atoms with E-state index in [0.717, 1.165) is 22.4 Å². The van der Waals surface area contributed by atoms with E-state index in [1.165, 1.54) is 0 Å². The van der Waals surface area contributed by atoms with Gasteiger partial charge >= 0.3 is 0 Å². The first-order chi connectivity index (χ1) is 8.99. The van der Waals surface area contributed by atoms with Gasteiger partial charge < -0.3 is 10.5 Å². The van der Waals surface area contributed by atoms with Gasteiger partial charge in [0.15, 0.2) is 0 Å². The molecule has 0 saturated heterocycles. The topological polar surface area (TPSA) is 48.1 Å². The number of aromatic nitrogens is 1. The molecule has 0 aliphatic rings. The summed E-state index contributed by atoms with van der Waals surface area (Å²) in [5.41, 5.74) is 8.77. The van der Waals surface area contributed by atoms with E-state index in [1.807, 2.05) is 45.0 Å². The average molecular weight is 277 g/mol. The van der Waals surface area contributed by atoms with Crippen LogP contribution in [0.4, 0.5) is 0 Å². The number of benzene rings is 1. The van der Waals surface area contributed by atoms with Gasteiger partial charge in [-0.3, -0.25) is 0 Å². The van der Waals surface area contributed by atoms with E-state index in [9.17, 15) is 0 Å². The van der Waals surface area contributed by atoms with Crippen molar-refractivity contribution in [2.45, 2.75) is 26.8 Å². The van der Waals surface area contributed by atoms with Crippen LogP contribution in [0.25, 0.3) is 0 Å². The predicted molar refractivity (Wildman–Crippen MR) is 77.8 cm³/mol. The zero-order valence-corrected chi connectivity index (χ0v) is 12.0. The summed E-state index contributed by atoms with van der Waals surface area (Å²) in [5, 5.41) is 0.704. The SMILES string of the molecule is Cc1cc(Cl)cc(C)c1Oc1ncccc1[C@@H](C)N. The van der Waals surface area contributed by atoms with Gasteiger partial charge in [-0.05, 0) is 50.1 Å². The summed E-state index contributed by atoms with van der Waals surface area (Å²) in [6.45, 7) is 5.83. The Balaban J connectivity index is 2.42. The van der Waals surface area contributed by atoms with Gasteiger partial charge in [-0.25, -0.2) is 4.98 Å². The Hall–Kier alpha value is -1.58. The number of pyridine rings is 1. The molecule has 0 fully saturated rings. The van der Waals surface area contributed by atoms with Crippen molar-refractivity contribution in [3.8, 4) is 11.6 Å². The molecule has 0 saturated carbocycles. The molecular formula is C15H17ClN2O. The van der Waals surface area contributed by atoms with Crippen molar-refractivity contribution in [1.29, 1.82) is 0 Å². The molecule has 4 heteroatoms. The zero-order chi connectivity index (χ0) is 14.0. The second kappa shape index (κ2) is 5.59. The third-order valence-corrected chi connectivity index (χ3v) is 3.13. The van der Waals surface area contributed by atoms with Crippen molar-refractivity contribution < 1.29 is 4.74 Å². The Morgan fingerprint density at radius 1 is 1.26 bits per heavy atom. The van der Waals surface area contributed by atoms with Crippen molar-refractivity contribution in [1.82, 2.24) is 4.98 Å². The van der Waals surface area contributed by atoms with Crippen LogP contribution in [0.5, 0.6) is 11.6 Å². The number of hydrogen-bond donors (Lipinski definition) is 1. The van der Waals surface area contributed by atoms with Crippen molar-refractivity contribution >= 4 is 11.6 Å². The number of rotatable bonds is 3. The van der Waals surface area contributed by atoms with Crippen LogP contribution in [0.1, 0.15) is 29.7 Å². The van der Waals surface area contributed by atoms with Crippen molar-refractivity contribution in [2.75, 3.05) is 0 Å². The molecule has 0 unspecified atom stereocenters. The molecular weight excluding hydrogens is 260 g/mol. The van der Waals surface area contributed by atoms with Gasteiger partial charge in [0.2, 0.25) is 5.88 Å². The molecule has 3 nitrogen and oxygen atoms in total. The highest BCUT2D eigenvalue weighted by Gasteiger charge is 2.13.